The number of nitriles is 1. The lowest BCUT2D eigenvalue weighted by atomic mass is 10.1. The highest BCUT2D eigenvalue weighted by Crippen LogP contribution is 2.40. The summed E-state index contributed by atoms with van der Waals surface area (Å²) in [5.74, 6) is 0. The molecule has 11 heteroatoms. The molecule has 47 heavy (non-hydrogen) atoms. The van der Waals surface area contributed by atoms with Crippen LogP contribution in [0.3, 0.4) is 0 Å². The molecule has 6 nitrogen and oxygen atoms in total. The number of aliphatic hydroxyl groups is 1. The van der Waals surface area contributed by atoms with Gasteiger partial charge in [-0.1, -0.05) is 120 Å². The van der Waals surface area contributed by atoms with Crippen molar-refractivity contribution in [2.24, 2.45) is 0 Å². The Morgan fingerprint density at radius 3 is 1.96 bits per heavy atom. The maximum absolute atomic E-state index is 13.4. The van der Waals surface area contributed by atoms with E-state index in [4.69, 9.17) is 10.00 Å². The number of ether oxygens (including phenoxy) is 1. The third kappa shape index (κ3) is 15.5. The second kappa shape index (κ2) is 21.8. The Kier molecular flexibility index (Phi) is 19.5. The summed E-state index contributed by atoms with van der Waals surface area (Å²) in [6.07, 6.45) is 15.4. The van der Waals surface area contributed by atoms with Gasteiger partial charge in [-0.2, -0.15) is 18.4 Å². The van der Waals surface area contributed by atoms with Gasteiger partial charge in [-0.05, 0) is 63.3 Å². The molecule has 0 amide bonds. The van der Waals surface area contributed by atoms with Crippen molar-refractivity contribution in [3.8, 4) is 6.07 Å². The van der Waals surface area contributed by atoms with Crippen LogP contribution in [-0.4, -0.2) is 49.7 Å². The smallest absolute Gasteiger partial charge is 0.390 e. The highest BCUT2D eigenvalue weighted by molar-refractivity contribution is 9.10. The van der Waals surface area contributed by atoms with Gasteiger partial charge in [0.25, 0.3) is 0 Å². The lowest BCUT2D eigenvalue weighted by Gasteiger charge is -2.17. The molecule has 0 unspecified atom stereocenters. The standard InChI is InChI=1S/C22H32BrF3O4S.C14H26N2/c1-2-3-4-5-6-7-8-9-12-30-20-15-17(14-19(20)27)31(28,29)21-11-10-16(23)13-18(21)22(24,25)26;1-2-3-4-5-6-7-8-9-12-16-14(13-15)10-11-14/h10-11,13,17,19-20,27H,2-9,12,14-15H2,1H3;16H,2-12H2,1H3/t17-,19-,20-;/m0./s1. The van der Waals surface area contributed by atoms with Gasteiger partial charge in [0, 0.05) is 11.1 Å². The van der Waals surface area contributed by atoms with Crippen LogP contribution in [0, 0.1) is 11.3 Å². The summed E-state index contributed by atoms with van der Waals surface area (Å²) in [6, 6.07) is 5.40. The maximum atomic E-state index is 13.4. The van der Waals surface area contributed by atoms with E-state index in [1.807, 2.05) is 0 Å². The van der Waals surface area contributed by atoms with Crippen LogP contribution in [0.5, 0.6) is 0 Å². The first-order valence-electron chi connectivity index (χ1n) is 18.0. The molecule has 3 rings (SSSR count). The van der Waals surface area contributed by atoms with E-state index in [1.54, 1.807) is 0 Å². The Hall–Kier alpha value is -1.19. The molecule has 0 spiro atoms. The lowest BCUT2D eigenvalue weighted by molar-refractivity contribution is -0.139. The molecule has 2 N–H and O–H groups in total. The van der Waals surface area contributed by atoms with E-state index in [9.17, 15) is 26.7 Å². The van der Waals surface area contributed by atoms with Crippen LogP contribution in [0.15, 0.2) is 27.6 Å². The number of nitrogens with zero attached hydrogens (tertiary/aromatic N) is 1. The average molecular weight is 752 g/mol. The summed E-state index contributed by atoms with van der Waals surface area (Å²) < 4.78 is 71.9. The minimum absolute atomic E-state index is 0.00607. The predicted molar refractivity (Wildman–Crippen MR) is 186 cm³/mol. The van der Waals surface area contributed by atoms with Crippen LogP contribution in [0.1, 0.15) is 148 Å². The van der Waals surface area contributed by atoms with Crippen LogP contribution >= 0.6 is 15.9 Å². The Balaban J connectivity index is 0.000000403. The largest absolute Gasteiger partial charge is 0.417 e. The fraction of sp³-hybridized carbons (Fsp3) is 0.806. The zero-order valence-electron chi connectivity index (χ0n) is 28.6. The number of nitrogens with one attached hydrogen (secondary N) is 1. The van der Waals surface area contributed by atoms with Gasteiger partial charge in [0.15, 0.2) is 9.84 Å². The number of unbranched alkanes of at least 4 members (excludes halogenated alkanes) is 14. The molecule has 2 aliphatic rings. The predicted octanol–water partition coefficient (Wildman–Crippen LogP) is 10.1. The summed E-state index contributed by atoms with van der Waals surface area (Å²) >= 11 is 2.97. The van der Waals surface area contributed by atoms with Gasteiger partial charge >= 0.3 is 6.18 Å². The van der Waals surface area contributed by atoms with Crippen molar-refractivity contribution in [3.05, 3.63) is 28.2 Å². The Labute approximate surface area is 290 Å². The molecular weight excluding hydrogens is 693 g/mol. The molecule has 1 aromatic rings. The third-order valence-corrected chi connectivity index (χ3v) is 11.9. The van der Waals surface area contributed by atoms with Gasteiger partial charge in [-0.3, -0.25) is 5.32 Å². The van der Waals surface area contributed by atoms with Gasteiger partial charge in [0.1, 0.15) is 5.54 Å². The number of alkyl halides is 3. The quantitative estimate of drug-likeness (QED) is 0.115. The Bertz CT molecular complexity index is 1170. The van der Waals surface area contributed by atoms with E-state index in [0.717, 1.165) is 50.8 Å². The Morgan fingerprint density at radius 1 is 0.915 bits per heavy atom. The monoisotopic (exact) mass is 750 g/mol. The number of aliphatic hydroxyl groups excluding tert-OH is 1. The van der Waals surface area contributed by atoms with E-state index >= 15 is 0 Å². The van der Waals surface area contributed by atoms with Crippen LogP contribution in [0.2, 0.25) is 0 Å². The van der Waals surface area contributed by atoms with Crippen molar-refractivity contribution < 1.29 is 31.4 Å². The first-order chi connectivity index (χ1) is 22.4. The van der Waals surface area contributed by atoms with Crippen LogP contribution in [0.4, 0.5) is 13.2 Å². The van der Waals surface area contributed by atoms with E-state index in [2.05, 4.69) is 41.2 Å². The molecule has 0 aromatic heterocycles. The molecule has 0 radical (unpaired) electrons. The fourth-order valence-corrected chi connectivity index (χ4v) is 8.38. The number of hydrogen-bond acceptors (Lipinski definition) is 6. The average Bonchev–Trinajstić information content (AvgIpc) is 3.72. The fourth-order valence-electron chi connectivity index (χ4n) is 6.03. The van der Waals surface area contributed by atoms with Gasteiger partial charge in [-0.15, -0.1) is 0 Å². The molecule has 1 aromatic carbocycles. The molecule has 2 fully saturated rings. The number of rotatable bonds is 22. The number of hydrogen-bond donors (Lipinski definition) is 2. The lowest BCUT2D eigenvalue weighted by Crippen LogP contribution is -2.30. The molecule has 0 aliphatic heterocycles. The molecule has 2 saturated carbocycles. The van der Waals surface area contributed by atoms with Crippen LogP contribution in [0.25, 0.3) is 0 Å². The number of benzene rings is 1. The molecule has 3 atom stereocenters. The second-order valence-corrected chi connectivity index (χ2v) is 16.4. The van der Waals surface area contributed by atoms with E-state index < -0.39 is 43.9 Å². The van der Waals surface area contributed by atoms with E-state index in [1.165, 1.54) is 89.5 Å². The van der Waals surface area contributed by atoms with Gasteiger partial charge in [-0.25, -0.2) is 8.42 Å². The van der Waals surface area contributed by atoms with Crippen molar-refractivity contribution in [1.29, 1.82) is 5.26 Å². The zero-order valence-corrected chi connectivity index (χ0v) is 31.0. The summed E-state index contributed by atoms with van der Waals surface area (Å²) in [5.41, 5.74) is -1.30. The molecule has 0 bridgehead atoms. The molecule has 270 valence electrons. The SMILES string of the molecule is CCCCCCCCCCNC1(C#N)CC1.CCCCCCCCCCO[C@H]1C[C@@H](S(=O)(=O)c2ccc(Br)cc2C(F)(F)F)C[C@@H]1O. The summed E-state index contributed by atoms with van der Waals surface area (Å²) in [4.78, 5) is -0.746. The van der Waals surface area contributed by atoms with Crippen molar-refractivity contribution in [2.45, 2.75) is 176 Å². The molecular formula is C36H58BrF3N2O4S. The zero-order chi connectivity index (χ0) is 34.8. The number of sulfone groups is 1. The molecule has 0 heterocycles. The summed E-state index contributed by atoms with van der Waals surface area (Å²) in [6.45, 7) is 5.88. The molecule has 2 aliphatic carbocycles. The van der Waals surface area contributed by atoms with Crippen LogP contribution < -0.4 is 5.32 Å². The number of halogens is 4. The Morgan fingerprint density at radius 2 is 1.45 bits per heavy atom. The topological polar surface area (TPSA) is 99.4 Å². The van der Waals surface area contributed by atoms with Crippen molar-refractivity contribution >= 4 is 25.8 Å². The first kappa shape index (κ1) is 42.0. The van der Waals surface area contributed by atoms with Gasteiger partial charge in [0.05, 0.1) is 34.0 Å². The first-order valence-corrected chi connectivity index (χ1v) is 20.3. The van der Waals surface area contributed by atoms with Crippen molar-refractivity contribution in [2.75, 3.05) is 13.2 Å². The maximum Gasteiger partial charge on any atom is 0.417 e. The van der Waals surface area contributed by atoms with Crippen molar-refractivity contribution in [3.63, 3.8) is 0 Å². The van der Waals surface area contributed by atoms with E-state index in [-0.39, 0.29) is 22.9 Å². The van der Waals surface area contributed by atoms with Gasteiger partial charge < -0.3 is 9.84 Å². The highest BCUT2D eigenvalue weighted by atomic mass is 79.9. The summed E-state index contributed by atoms with van der Waals surface area (Å²) in [5, 5.41) is 21.4. The minimum atomic E-state index is -4.80. The van der Waals surface area contributed by atoms with Crippen LogP contribution in [-0.2, 0) is 20.8 Å². The molecule has 0 saturated heterocycles. The summed E-state index contributed by atoms with van der Waals surface area (Å²) in [7, 11) is -4.27. The minimum Gasteiger partial charge on any atom is -0.390 e. The van der Waals surface area contributed by atoms with Crippen molar-refractivity contribution in [1.82, 2.24) is 5.32 Å². The second-order valence-electron chi connectivity index (χ2n) is 13.3. The highest BCUT2D eigenvalue weighted by Gasteiger charge is 2.45. The normalized spacial score (nSPS) is 20.4. The van der Waals surface area contributed by atoms with E-state index in [0.29, 0.717) is 6.61 Å². The van der Waals surface area contributed by atoms with Gasteiger partial charge in [0.2, 0.25) is 0 Å². The third-order valence-electron chi connectivity index (χ3n) is 9.21.